The van der Waals surface area contributed by atoms with Gasteiger partial charge in [-0.1, -0.05) is 19.1 Å². The number of nitrogens with zero attached hydrogens (tertiary/aromatic N) is 2. The molecular formula is C17H27N3O2. The van der Waals surface area contributed by atoms with Gasteiger partial charge in [-0.2, -0.15) is 0 Å². The van der Waals surface area contributed by atoms with Crippen LogP contribution in [0, 0.1) is 0 Å². The topological polar surface area (TPSA) is 44.8 Å². The van der Waals surface area contributed by atoms with E-state index in [1.54, 1.807) is 7.11 Å². The van der Waals surface area contributed by atoms with Crippen LogP contribution in [0.5, 0.6) is 5.75 Å². The molecule has 1 atom stereocenters. The van der Waals surface area contributed by atoms with Crippen LogP contribution in [0.3, 0.4) is 0 Å². The van der Waals surface area contributed by atoms with E-state index >= 15 is 0 Å². The Hall–Kier alpha value is -1.75. The lowest BCUT2D eigenvalue weighted by Gasteiger charge is -2.36. The summed E-state index contributed by atoms with van der Waals surface area (Å²) in [4.78, 5) is 16.5. The molecule has 0 aliphatic carbocycles. The van der Waals surface area contributed by atoms with Gasteiger partial charge in [0, 0.05) is 32.2 Å². The van der Waals surface area contributed by atoms with Crippen LogP contribution in [0.15, 0.2) is 24.3 Å². The largest absolute Gasteiger partial charge is 0.495 e. The standard InChI is InChI=1S/C17H27N3O2/c1-4-14(2)18-17(21)13-19-9-11-20(12-10-19)15-7-5-6-8-16(15)22-3/h5-8,14H,4,9-13H2,1-3H3,(H,18,21)/t14-/m0/s1. The van der Waals surface area contributed by atoms with Crippen molar-refractivity contribution in [2.24, 2.45) is 0 Å². The van der Waals surface area contributed by atoms with Gasteiger partial charge in [0.25, 0.3) is 0 Å². The maximum absolute atomic E-state index is 11.9. The number of ether oxygens (including phenoxy) is 1. The minimum Gasteiger partial charge on any atom is -0.495 e. The minimum absolute atomic E-state index is 0.125. The van der Waals surface area contributed by atoms with Crippen LogP contribution in [0.1, 0.15) is 20.3 Å². The van der Waals surface area contributed by atoms with Gasteiger partial charge in [0.2, 0.25) is 5.91 Å². The van der Waals surface area contributed by atoms with Crippen molar-refractivity contribution in [3.63, 3.8) is 0 Å². The Labute approximate surface area is 133 Å². The number of hydrogen-bond acceptors (Lipinski definition) is 4. The van der Waals surface area contributed by atoms with E-state index in [1.807, 2.05) is 25.1 Å². The molecule has 1 saturated heterocycles. The van der Waals surface area contributed by atoms with Gasteiger partial charge in [-0.05, 0) is 25.5 Å². The molecule has 5 heteroatoms. The Kier molecular flexibility index (Phi) is 6.07. The number of para-hydroxylation sites is 2. The fourth-order valence-corrected chi connectivity index (χ4v) is 2.66. The maximum atomic E-state index is 11.9. The second kappa shape index (κ2) is 8.03. The van der Waals surface area contributed by atoms with Gasteiger partial charge in [-0.15, -0.1) is 0 Å². The zero-order valence-electron chi connectivity index (χ0n) is 13.8. The Morgan fingerprint density at radius 1 is 1.27 bits per heavy atom. The first kappa shape index (κ1) is 16.6. The summed E-state index contributed by atoms with van der Waals surface area (Å²) in [5.74, 6) is 1.03. The first-order chi connectivity index (χ1) is 10.6. The molecule has 1 N–H and O–H groups in total. The van der Waals surface area contributed by atoms with Crippen molar-refractivity contribution < 1.29 is 9.53 Å². The lowest BCUT2D eigenvalue weighted by molar-refractivity contribution is -0.122. The molecule has 0 spiro atoms. The van der Waals surface area contributed by atoms with Crippen LogP contribution in [0.25, 0.3) is 0 Å². The lowest BCUT2D eigenvalue weighted by atomic mass is 10.2. The summed E-state index contributed by atoms with van der Waals surface area (Å²) in [5, 5.41) is 3.02. The van der Waals surface area contributed by atoms with Crippen LogP contribution >= 0.6 is 0 Å². The predicted octanol–water partition coefficient (Wildman–Crippen LogP) is 1.73. The van der Waals surface area contributed by atoms with Crippen LogP contribution in [-0.4, -0.2) is 56.7 Å². The van der Waals surface area contributed by atoms with Gasteiger partial charge in [0.1, 0.15) is 5.75 Å². The Balaban J connectivity index is 1.84. The van der Waals surface area contributed by atoms with Crippen molar-refractivity contribution in [1.29, 1.82) is 0 Å². The quantitative estimate of drug-likeness (QED) is 0.869. The number of carbonyl (C=O) groups is 1. The number of anilines is 1. The molecule has 0 aromatic heterocycles. The van der Waals surface area contributed by atoms with E-state index in [1.165, 1.54) is 0 Å². The number of carbonyl (C=O) groups excluding carboxylic acids is 1. The molecule has 0 unspecified atom stereocenters. The zero-order chi connectivity index (χ0) is 15.9. The first-order valence-electron chi connectivity index (χ1n) is 8.03. The third-order valence-corrected chi connectivity index (χ3v) is 4.19. The molecule has 1 aliphatic heterocycles. The third-order valence-electron chi connectivity index (χ3n) is 4.19. The van der Waals surface area contributed by atoms with Crippen molar-refractivity contribution in [2.75, 3.05) is 44.7 Å². The summed E-state index contributed by atoms with van der Waals surface area (Å²) in [5.41, 5.74) is 1.13. The number of hydrogen-bond donors (Lipinski definition) is 1. The van der Waals surface area contributed by atoms with Crippen molar-refractivity contribution in [3.8, 4) is 5.75 Å². The number of nitrogens with one attached hydrogen (secondary N) is 1. The normalized spacial score (nSPS) is 17.1. The van der Waals surface area contributed by atoms with E-state index < -0.39 is 0 Å². The third kappa shape index (κ3) is 4.37. The van der Waals surface area contributed by atoms with Crippen molar-refractivity contribution in [3.05, 3.63) is 24.3 Å². The minimum atomic E-state index is 0.125. The molecule has 1 fully saturated rings. The van der Waals surface area contributed by atoms with Gasteiger partial charge < -0.3 is 15.0 Å². The molecule has 2 rings (SSSR count). The van der Waals surface area contributed by atoms with Crippen LogP contribution in [-0.2, 0) is 4.79 Å². The molecule has 122 valence electrons. The highest BCUT2D eigenvalue weighted by atomic mass is 16.5. The van der Waals surface area contributed by atoms with Crippen LogP contribution in [0.2, 0.25) is 0 Å². The summed E-state index contributed by atoms with van der Waals surface area (Å²) < 4.78 is 5.43. The van der Waals surface area contributed by atoms with E-state index in [0.717, 1.165) is 44.0 Å². The monoisotopic (exact) mass is 305 g/mol. The maximum Gasteiger partial charge on any atom is 0.234 e. The van der Waals surface area contributed by atoms with E-state index in [9.17, 15) is 4.79 Å². The summed E-state index contributed by atoms with van der Waals surface area (Å²) in [6.45, 7) is 8.23. The Morgan fingerprint density at radius 3 is 2.59 bits per heavy atom. The fourth-order valence-electron chi connectivity index (χ4n) is 2.66. The van der Waals surface area contributed by atoms with E-state index in [2.05, 4.69) is 28.1 Å². The molecular weight excluding hydrogens is 278 g/mol. The molecule has 1 aromatic rings. The molecule has 1 aromatic carbocycles. The number of benzene rings is 1. The average Bonchev–Trinajstić information content (AvgIpc) is 2.55. The Morgan fingerprint density at radius 2 is 1.95 bits per heavy atom. The Bertz CT molecular complexity index is 485. The number of methoxy groups -OCH3 is 1. The average molecular weight is 305 g/mol. The summed E-state index contributed by atoms with van der Waals surface area (Å²) in [6.07, 6.45) is 0.966. The highest BCUT2D eigenvalue weighted by Gasteiger charge is 2.21. The molecule has 0 bridgehead atoms. The molecule has 0 radical (unpaired) electrons. The molecule has 0 saturated carbocycles. The summed E-state index contributed by atoms with van der Waals surface area (Å²) >= 11 is 0. The molecule has 1 aliphatic rings. The second-order valence-corrected chi connectivity index (χ2v) is 5.81. The second-order valence-electron chi connectivity index (χ2n) is 5.81. The highest BCUT2D eigenvalue weighted by molar-refractivity contribution is 5.78. The van der Waals surface area contributed by atoms with Gasteiger partial charge in [-0.3, -0.25) is 9.69 Å². The predicted molar refractivity (Wildman–Crippen MR) is 89.5 cm³/mol. The number of amides is 1. The van der Waals surface area contributed by atoms with Gasteiger partial charge in [0.05, 0.1) is 19.3 Å². The van der Waals surface area contributed by atoms with Gasteiger partial charge in [0.15, 0.2) is 0 Å². The summed E-state index contributed by atoms with van der Waals surface area (Å²) in [6, 6.07) is 8.34. The van der Waals surface area contributed by atoms with Crippen molar-refractivity contribution in [1.82, 2.24) is 10.2 Å². The number of rotatable bonds is 6. The SMILES string of the molecule is CC[C@H](C)NC(=O)CN1CCN(c2ccccc2OC)CC1. The zero-order valence-corrected chi connectivity index (χ0v) is 13.8. The highest BCUT2D eigenvalue weighted by Crippen LogP contribution is 2.28. The molecule has 1 heterocycles. The lowest BCUT2D eigenvalue weighted by Crippen LogP contribution is -2.50. The van der Waals surface area contributed by atoms with Crippen LogP contribution < -0.4 is 15.0 Å². The summed E-state index contributed by atoms with van der Waals surface area (Å²) in [7, 11) is 1.70. The first-order valence-corrected chi connectivity index (χ1v) is 8.03. The van der Waals surface area contributed by atoms with E-state index in [0.29, 0.717) is 6.54 Å². The van der Waals surface area contributed by atoms with Gasteiger partial charge in [-0.25, -0.2) is 0 Å². The smallest absolute Gasteiger partial charge is 0.234 e. The molecule has 1 amide bonds. The van der Waals surface area contributed by atoms with Crippen molar-refractivity contribution in [2.45, 2.75) is 26.3 Å². The van der Waals surface area contributed by atoms with Gasteiger partial charge >= 0.3 is 0 Å². The van der Waals surface area contributed by atoms with Crippen molar-refractivity contribution >= 4 is 11.6 Å². The molecule has 22 heavy (non-hydrogen) atoms. The van der Waals surface area contributed by atoms with Crippen LogP contribution in [0.4, 0.5) is 5.69 Å². The van der Waals surface area contributed by atoms with E-state index in [4.69, 9.17) is 4.74 Å². The fraction of sp³-hybridized carbons (Fsp3) is 0.588. The van der Waals surface area contributed by atoms with E-state index in [-0.39, 0.29) is 11.9 Å². The molecule has 5 nitrogen and oxygen atoms in total. The number of piperazine rings is 1.